The quantitative estimate of drug-likeness (QED) is 0.531. The van der Waals surface area contributed by atoms with Gasteiger partial charge in [0.25, 0.3) is 0 Å². The van der Waals surface area contributed by atoms with Gasteiger partial charge in [0.05, 0.1) is 17.8 Å². The van der Waals surface area contributed by atoms with E-state index in [1.54, 1.807) is 0 Å². The molecule has 0 amide bonds. The molecule has 1 saturated carbocycles. The Morgan fingerprint density at radius 3 is 2.62 bits per heavy atom. The lowest BCUT2D eigenvalue weighted by atomic mass is 9.99. The summed E-state index contributed by atoms with van der Waals surface area (Å²) >= 11 is 3.61. The van der Waals surface area contributed by atoms with Crippen molar-refractivity contribution in [3.63, 3.8) is 0 Å². The van der Waals surface area contributed by atoms with Gasteiger partial charge in [0.1, 0.15) is 0 Å². The van der Waals surface area contributed by atoms with Crippen molar-refractivity contribution in [2.24, 2.45) is 5.92 Å². The Morgan fingerprint density at radius 1 is 1.04 bits per heavy atom. The molecule has 4 rings (SSSR count). The third-order valence-electron chi connectivity index (χ3n) is 5.23. The zero-order valence-electron chi connectivity index (χ0n) is 13.9. The van der Waals surface area contributed by atoms with Crippen molar-refractivity contribution >= 4 is 26.8 Å². The van der Waals surface area contributed by atoms with Crippen LogP contribution in [0.1, 0.15) is 43.4 Å². The molecular weight excluding hydrogens is 360 g/mol. The summed E-state index contributed by atoms with van der Waals surface area (Å²) in [6.07, 6.45) is 8.04. The molecule has 0 saturated heterocycles. The van der Waals surface area contributed by atoms with Crippen molar-refractivity contribution in [3.05, 3.63) is 64.3 Å². The van der Waals surface area contributed by atoms with Gasteiger partial charge in [-0.1, -0.05) is 71.9 Å². The minimum atomic E-state index is 0.831. The van der Waals surface area contributed by atoms with Crippen LogP contribution in [0.25, 0.3) is 10.9 Å². The van der Waals surface area contributed by atoms with Gasteiger partial charge in [-0.3, -0.25) is 4.68 Å². The summed E-state index contributed by atoms with van der Waals surface area (Å²) in [5, 5.41) is 6.29. The summed E-state index contributed by atoms with van der Waals surface area (Å²) in [6, 6.07) is 17.1. The number of fused-ring (bicyclic) bond motifs is 1. The van der Waals surface area contributed by atoms with Gasteiger partial charge >= 0.3 is 0 Å². The first kappa shape index (κ1) is 15.9. The van der Waals surface area contributed by atoms with Gasteiger partial charge in [-0.2, -0.15) is 5.10 Å². The molecule has 2 nitrogen and oxygen atoms in total. The van der Waals surface area contributed by atoms with Crippen LogP contribution in [0.4, 0.5) is 0 Å². The van der Waals surface area contributed by atoms with Crippen molar-refractivity contribution < 1.29 is 0 Å². The van der Waals surface area contributed by atoms with Gasteiger partial charge in [-0.15, -0.1) is 0 Å². The molecule has 124 valence electrons. The van der Waals surface area contributed by atoms with Crippen LogP contribution in [0.2, 0.25) is 0 Å². The summed E-state index contributed by atoms with van der Waals surface area (Å²) in [4.78, 5) is 0. The van der Waals surface area contributed by atoms with Crippen molar-refractivity contribution in [2.75, 3.05) is 0 Å². The first-order chi connectivity index (χ1) is 11.8. The highest BCUT2D eigenvalue weighted by Gasteiger charge is 2.17. The molecule has 3 heteroatoms. The van der Waals surface area contributed by atoms with E-state index in [0.29, 0.717) is 0 Å². The normalized spacial score (nSPS) is 15.4. The third-order valence-corrected chi connectivity index (χ3v) is 5.72. The Hall–Kier alpha value is -1.61. The molecule has 1 aliphatic carbocycles. The highest BCUT2D eigenvalue weighted by molar-refractivity contribution is 9.10. The van der Waals surface area contributed by atoms with Gasteiger partial charge in [-0.25, -0.2) is 0 Å². The number of aromatic nitrogens is 2. The minimum Gasteiger partial charge on any atom is -0.260 e. The zero-order valence-corrected chi connectivity index (χ0v) is 15.5. The van der Waals surface area contributed by atoms with E-state index in [1.807, 2.05) is 0 Å². The van der Waals surface area contributed by atoms with Gasteiger partial charge in [-0.05, 0) is 42.5 Å². The first-order valence-electron chi connectivity index (χ1n) is 8.98. The number of hydrogen-bond donors (Lipinski definition) is 0. The molecular formula is C21H23BrN2. The molecule has 1 fully saturated rings. The maximum Gasteiger partial charge on any atom is 0.0703 e. The predicted molar refractivity (Wildman–Crippen MR) is 103 cm³/mol. The second-order valence-corrected chi connectivity index (χ2v) is 7.86. The predicted octanol–water partition coefficient (Wildman–Crippen LogP) is 5.97. The minimum absolute atomic E-state index is 0.831. The second kappa shape index (κ2) is 7.10. The molecule has 0 radical (unpaired) electrons. The lowest BCUT2D eigenvalue weighted by Gasteiger charge is -2.06. The number of halogens is 1. The van der Waals surface area contributed by atoms with E-state index >= 15 is 0 Å². The molecule has 2 aromatic carbocycles. The topological polar surface area (TPSA) is 17.8 Å². The number of rotatable bonds is 5. The van der Waals surface area contributed by atoms with Crippen LogP contribution in [-0.4, -0.2) is 9.78 Å². The first-order valence-corrected chi connectivity index (χ1v) is 9.78. The zero-order chi connectivity index (χ0) is 16.4. The molecule has 24 heavy (non-hydrogen) atoms. The number of nitrogens with zero attached hydrogens (tertiary/aromatic N) is 2. The molecule has 3 aromatic rings. The van der Waals surface area contributed by atoms with Crippen LogP contribution in [0, 0.1) is 5.92 Å². The maximum atomic E-state index is 4.98. The third kappa shape index (κ3) is 3.41. The van der Waals surface area contributed by atoms with Crippen LogP contribution in [0.5, 0.6) is 0 Å². The number of hydrogen-bond acceptors (Lipinski definition) is 1. The van der Waals surface area contributed by atoms with Crippen LogP contribution in [0.15, 0.2) is 53.0 Å². The SMILES string of the molecule is Brc1ccc2c(CCC3CCCC3)nn(Cc3ccccc3)c2c1. The standard InChI is InChI=1S/C21H23BrN2/c22-18-11-12-19-20(13-10-16-6-4-5-7-16)23-24(21(19)14-18)15-17-8-2-1-3-9-17/h1-3,8-9,11-12,14,16H,4-7,10,13,15H2. The van der Waals surface area contributed by atoms with Crippen LogP contribution in [-0.2, 0) is 13.0 Å². The van der Waals surface area contributed by atoms with Gasteiger partial charge in [0.2, 0.25) is 0 Å². The average molecular weight is 383 g/mol. The largest absolute Gasteiger partial charge is 0.260 e. The fraction of sp³-hybridized carbons (Fsp3) is 0.381. The van der Waals surface area contributed by atoms with Gasteiger partial charge in [0, 0.05) is 9.86 Å². The van der Waals surface area contributed by atoms with Crippen LogP contribution < -0.4 is 0 Å². The summed E-state index contributed by atoms with van der Waals surface area (Å²) in [6.45, 7) is 0.831. The molecule has 1 aliphatic rings. The Bertz CT molecular complexity index is 816. The average Bonchev–Trinajstić information content (AvgIpc) is 3.22. The van der Waals surface area contributed by atoms with E-state index in [1.165, 1.54) is 54.3 Å². The second-order valence-electron chi connectivity index (χ2n) is 6.94. The Labute approximate surface area is 152 Å². The molecule has 0 atom stereocenters. The Balaban J connectivity index is 1.63. The fourth-order valence-electron chi connectivity index (χ4n) is 3.92. The Kier molecular flexibility index (Phi) is 4.70. The summed E-state index contributed by atoms with van der Waals surface area (Å²) < 4.78 is 3.28. The van der Waals surface area contributed by atoms with Crippen molar-refractivity contribution in [2.45, 2.75) is 45.1 Å². The van der Waals surface area contributed by atoms with Crippen molar-refractivity contribution in [1.29, 1.82) is 0 Å². The molecule has 0 unspecified atom stereocenters. The lowest BCUT2D eigenvalue weighted by Crippen LogP contribution is -2.03. The molecule has 0 spiro atoms. The van der Waals surface area contributed by atoms with Crippen molar-refractivity contribution in [1.82, 2.24) is 9.78 Å². The van der Waals surface area contributed by atoms with Crippen LogP contribution >= 0.6 is 15.9 Å². The van der Waals surface area contributed by atoms with E-state index in [0.717, 1.165) is 23.4 Å². The lowest BCUT2D eigenvalue weighted by molar-refractivity contribution is 0.499. The summed E-state index contributed by atoms with van der Waals surface area (Å²) in [7, 11) is 0. The van der Waals surface area contributed by atoms with Gasteiger partial charge in [0.15, 0.2) is 0 Å². The summed E-state index contributed by atoms with van der Waals surface area (Å²) in [5.41, 5.74) is 3.79. The molecule has 0 aliphatic heterocycles. The van der Waals surface area contributed by atoms with Crippen molar-refractivity contribution in [3.8, 4) is 0 Å². The van der Waals surface area contributed by atoms with E-state index in [4.69, 9.17) is 5.10 Å². The number of benzene rings is 2. The highest BCUT2D eigenvalue weighted by Crippen LogP contribution is 2.30. The fourth-order valence-corrected chi connectivity index (χ4v) is 4.27. The molecule has 1 heterocycles. The molecule has 0 bridgehead atoms. The number of aryl methyl sites for hydroxylation is 1. The molecule has 1 aromatic heterocycles. The summed E-state index contributed by atoms with van der Waals surface area (Å²) in [5.74, 6) is 0.912. The highest BCUT2D eigenvalue weighted by atomic mass is 79.9. The van der Waals surface area contributed by atoms with Crippen LogP contribution in [0.3, 0.4) is 0 Å². The molecule has 0 N–H and O–H groups in total. The van der Waals surface area contributed by atoms with Gasteiger partial charge < -0.3 is 0 Å². The smallest absolute Gasteiger partial charge is 0.0703 e. The maximum absolute atomic E-state index is 4.98. The van der Waals surface area contributed by atoms with E-state index < -0.39 is 0 Å². The van der Waals surface area contributed by atoms with E-state index in [-0.39, 0.29) is 0 Å². The Morgan fingerprint density at radius 2 is 1.83 bits per heavy atom. The van der Waals surface area contributed by atoms with E-state index in [2.05, 4.69) is 69.1 Å². The monoisotopic (exact) mass is 382 g/mol. The van der Waals surface area contributed by atoms with E-state index in [9.17, 15) is 0 Å².